The monoisotopic (exact) mass is 255 g/mol. The molecule has 1 aromatic rings. The van der Waals surface area contributed by atoms with E-state index in [4.69, 9.17) is 16.3 Å². The number of likely N-dealkylation sites (N-methyl/N-ethyl adjacent to an activating group) is 1. The molecule has 0 aromatic heterocycles. The number of ether oxygens (including phenoxy) is 1. The normalized spacial score (nSPS) is 12.6. The lowest BCUT2D eigenvalue weighted by Gasteiger charge is -2.16. The molecule has 0 amide bonds. The van der Waals surface area contributed by atoms with Crippen LogP contribution in [0, 0.1) is 0 Å². The number of nitrogens with one attached hydrogen (secondary N) is 1. The van der Waals surface area contributed by atoms with Crippen molar-refractivity contribution in [3.63, 3.8) is 0 Å². The summed E-state index contributed by atoms with van der Waals surface area (Å²) in [6.07, 6.45) is 4.57. The molecule has 1 rings (SSSR count). The predicted octanol–water partition coefficient (Wildman–Crippen LogP) is 3.29. The van der Waals surface area contributed by atoms with Crippen LogP contribution in [-0.4, -0.2) is 26.8 Å². The van der Waals surface area contributed by atoms with Crippen molar-refractivity contribution in [2.24, 2.45) is 0 Å². The fourth-order valence-corrected chi connectivity index (χ4v) is 2.02. The van der Waals surface area contributed by atoms with Gasteiger partial charge in [-0.1, -0.05) is 23.7 Å². The van der Waals surface area contributed by atoms with Gasteiger partial charge in [0, 0.05) is 24.8 Å². The van der Waals surface area contributed by atoms with Gasteiger partial charge >= 0.3 is 0 Å². The number of methoxy groups -OCH3 is 1. The maximum Gasteiger partial charge on any atom is 0.0462 e. The smallest absolute Gasteiger partial charge is 0.0462 e. The Morgan fingerprint density at radius 1 is 1.24 bits per heavy atom. The van der Waals surface area contributed by atoms with E-state index >= 15 is 0 Å². The quantitative estimate of drug-likeness (QED) is 0.720. The van der Waals surface area contributed by atoms with E-state index in [0.717, 1.165) is 24.5 Å². The Morgan fingerprint density at radius 3 is 2.53 bits per heavy atom. The Morgan fingerprint density at radius 2 is 1.94 bits per heavy atom. The van der Waals surface area contributed by atoms with Crippen LogP contribution < -0.4 is 5.32 Å². The molecule has 0 heterocycles. The van der Waals surface area contributed by atoms with Crippen LogP contribution in [0.3, 0.4) is 0 Å². The van der Waals surface area contributed by atoms with Crippen molar-refractivity contribution in [3.8, 4) is 0 Å². The van der Waals surface area contributed by atoms with E-state index in [9.17, 15) is 0 Å². The lowest BCUT2D eigenvalue weighted by atomic mass is 10.0. The SMILES string of the molecule is CNC(CCCCOC)Cc1ccc(Cl)cc1. The predicted molar refractivity (Wildman–Crippen MR) is 73.7 cm³/mol. The van der Waals surface area contributed by atoms with Gasteiger partial charge in [-0.05, 0) is 50.4 Å². The zero-order chi connectivity index (χ0) is 12.5. The van der Waals surface area contributed by atoms with Crippen molar-refractivity contribution in [3.05, 3.63) is 34.9 Å². The number of hydrogen-bond donors (Lipinski definition) is 1. The van der Waals surface area contributed by atoms with Crippen LogP contribution in [0.4, 0.5) is 0 Å². The number of benzene rings is 1. The molecular weight excluding hydrogens is 234 g/mol. The van der Waals surface area contributed by atoms with E-state index < -0.39 is 0 Å². The van der Waals surface area contributed by atoms with E-state index in [-0.39, 0.29) is 0 Å². The molecule has 1 atom stereocenters. The molecule has 1 aromatic carbocycles. The van der Waals surface area contributed by atoms with Crippen molar-refractivity contribution in [1.29, 1.82) is 0 Å². The van der Waals surface area contributed by atoms with E-state index in [2.05, 4.69) is 17.4 Å². The highest BCUT2D eigenvalue weighted by Crippen LogP contribution is 2.13. The Hall–Kier alpha value is -0.570. The molecule has 0 spiro atoms. The van der Waals surface area contributed by atoms with Gasteiger partial charge in [-0.3, -0.25) is 0 Å². The van der Waals surface area contributed by atoms with Crippen molar-refractivity contribution in [1.82, 2.24) is 5.32 Å². The van der Waals surface area contributed by atoms with E-state index in [1.54, 1.807) is 7.11 Å². The van der Waals surface area contributed by atoms with Crippen molar-refractivity contribution in [2.45, 2.75) is 31.7 Å². The Kier molecular flexibility index (Phi) is 7.25. The molecule has 0 bridgehead atoms. The second kappa shape index (κ2) is 8.51. The number of hydrogen-bond acceptors (Lipinski definition) is 2. The van der Waals surface area contributed by atoms with E-state index in [0.29, 0.717) is 6.04 Å². The maximum atomic E-state index is 5.87. The molecule has 0 saturated heterocycles. The second-order valence-corrected chi connectivity index (χ2v) is 4.74. The van der Waals surface area contributed by atoms with Gasteiger partial charge in [0.15, 0.2) is 0 Å². The molecule has 2 nitrogen and oxygen atoms in total. The number of unbranched alkanes of at least 4 members (excludes halogenated alkanes) is 1. The highest BCUT2D eigenvalue weighted by atomic mass is 35.5. The Labute approximate surface area is 109 Å². The molecule has 1 unspecified atom stereocenters. The van der Waals surface area contributed by atoms with Crippen LogP contribution in [0.1, 0.15) is 24.8 Å². The van der Waals surface area contributed by atoms with Crippen LogP contribution in [0.25, 0.3) is 0 Å². The number of rotatable bonds is 8. The lowest BCUT2D eigenvalue weighted by molar-refractivity contribution is 0.191. The molecule has 17 heavy (non-hydrogen) atoms. The molecule has 0 aliphatic carbocycles. The summed E-state index contributed by atoms with van der Waals surface area (Å²) in [6, 6.07) is 8.64. The van der Waals surface area contributed by atoms with Crippen LogP contribution in [-0.2, 0) is 11.2 Å². The lowest BCUT2D eigenvalue weighted by Crippen LogP contribution is -2.27. The summed E-state index contributed by atoms with van der Waals surface area (Å²) in [5.74, 6) is 0. The fraction of sp³-hybridized carbons (Fsp3) is 0.571. The first-order valence-corrected chi connectivity index (χ1v) is 6.54. The van der Waals surface area contributed by atoms with E-state index in [1.807, 2.05) is 19.2 Å². The molecule has 3 heteroatoms. The van der Waals surface area contributed by atoms with Gasteiger partial charge in [0.25, 0.3) is 0 Å². The summed E-state index contributed by atoms with van der Waals surface area (Å²) in [5.41, 5.74) is 1.33. The first kappa shape index (κ1) is 14.5. The van der Waals surface area contributed by atoms with Gasteiger partial charge in [0.1, 0.15) is 0 Å². The molecule has 0 radical (unpaired) electrons. The molecule has 0 fully saturated rings. The summed E-state index contributed by atoms with van der Waals surface area (Å²) in [5, 5.41) is 4.17. The zero-order valence-electron chi connectivity index (χ0n) is 10.7. The highest BCUT2D eigenvalue weighted by molar-refractivity contribution is 6.30. The average molecular weight is 256 g/mol. The third kappa shape index (κ3) is 6.06. The van der Waals surface area contributed by atoms with Crippen molar-refractivity contribution < 1.29 is 4.74 Å². The first-order valence-electron chi connectivity index (χ1n) is 6.17. The summed E-state index contributed by atoms with van der Waals surface area (Å²) in [7, 11) is 3.78. The van der Waals surface area contributed by atoms with Gasteiger partial charge in [0.2, 0.25) is 0 Å². The van der Waals surface area contributed by atoms with E-state index in [1.165, 1.54) is 18.4 Å². The van der Waals surface area contributed by atoms with Crippen molar-refractivity contribution in [2.75, 3.05) is 20.8 Å². The van der Waals surface area contributed by atoms with Crippen molar-refractivity contribution >= 4 is 11.6 Å². The van der Waals surface area contributed by atoms with Gasteiger partial charge < -0.3 is 10.1 Å². The van der Waals surface area contributed by atoms with Crippen LogP contribution in [0.5, 0.6) is 0 Å². The largest absolute Gasteiger partial charge is 0.385 e. The van der Waals surface area contributed by atoms with Gasteiger partial charge in [-0.25, -0.2) is 0 Å². The third-order valence-electron chi connectivity index (χ3n) is 2.95. The van der Waals surface area contributed by atoms with Gasteiger partial charge in [-0.2, -0.15) is 0 Å². The molecular formula is C14H22ClNO. The Balaban J connectivity index is 2.33. The van der Waals surface area contributed by atoms with Gasteiger partial charge in [-0.15, -0.1) is 0 Å². The van der Waals surface area contributed by atoms with Gasteiger partial charge in [0.05, 0.1) is 0 Å². The topological polar surface area (TPSA) is 21.3 Å². The third-order valence-corrected chi connectivity index (χ3v) is 3.21. The zero-order valence-corrected chi connectivity index (χ0v) is 11.5. The van der Waals surface area contributed by atoms with Crippen LogP contribution in [0.2, 0.25) is 5.02 Å². The summed E-state index contributed by atoms with van der Waals surface area (Å²) in [4.78, 5) is 0. The summed E-state index contributed by atoms with van der Waals surface area (Å²) >= 11 is 5.87. The molecule has 96 valence electrons. The minimum absolute atomic E-state index is 0.535. The highest BCUT2D eigenvalue weighted by Gasteiger charge is 2.06. The minimum Gasteiger partial charge on any atom is -0.385 e. The summed E-state index contributed by atoms with van der Waals surface area (Å²) in [6.45, 7) is 0.859. The molecule has 0 saturated carbocycles. The maximum absolute atomic E-state index is 5.87. The standard InChI is InChI=1S/C14H22ClNO/c1-16-14(5-3-4-10-17-2)11-12-6-8-13(15)9-7-12/h6-9,14,16H,3-5,10-11H2,1-2H3. The summed E-state index contributed by atoms with van der Waals surface area (Å²) < 4.78 is 5.05. The second-order valence-electron chi connectivity index (χ2n) is 4.30. The molecule has 0 aliphatic rings. The van der Waals surface area contributed by atoms with Crippen LogP contribution >= 0.6 is 11.6 Å². The molecule has 1 N–H and O–H groups in total. The van der Waals surface area contributed by atoms with Crippen LogP contribution in [0.15, 0.2) is 24.3 Å². The minimum atomic E-state index is 0.535. The fourth-order valence-electron chi connectivity index (χ4n) is 1.89. The molecule has 0 aliphatic heterocycles. The Bertz CT molecular complexity index is 300. The first-order chi connectivity index (χ1) is 8.26. The number of halogens is 1. The average Bonchev–Trinajstić information content (AvgIpc) is 2.35.